The number of aliphatic carboxylic acids is 1. The second-order valence-electron chi connectivity index (χ2n) is 7.16. The molecule has 0 radical (unpaired) electrons. The van der Waals surface area contributed by atoms with Crippen LogP contribution in [0.4, 0.5) is 0 Å². The zero-order valence-corrected chi connectivity index (χ0v) is 11.5. The summed E-state index contributed by atoms with van der Waals surface area (Å²) < 4.78 is 0. The number of carboxylic acid groups (broad SMARTS) is 1. The Morgan fingerprint density at radius 3 is 2.20 bits per heavy atom. The standard InChI is InChI=1S/C17H20O3/c18-14-3-1-13(2-4-14)17-7-10-5-11(8-17)15(16(19)20)12(6-10)9-17/h1-4,10-12,15,18H,5-9H2,(H,19,20)/t10?,11?,12?,15-,17-. The molecule has 1 aromatic carbocycles. The van der Waals surface area contributed by atoms with E-state index in [1.807, 2.05) is 12.1 Å². The summed E-state index contributed by atoms with van der Waals surface area (Å²) in [5, 5.41) is 19.0. The van der Waals surface area contributed by atoms with Gasteiger partial charge in [-0.2, -0.15) is 0 Å². The smallest absolute Gasteiger partial charge is 0.307 e. The third kappa shape index (κ3) is 1.62. The van der Waals surface area contributed by atoms with Gasteiger partial charge in [0.25, 0.3) is 0 Å². The first-order valence-corrected chi connectivity index (χ1v) is 7.60. The summed E-state index contributed by atoms with van der Waals surface area (Å²) in [5.74, 6) is 1.02. The fraction of sp³-hybridized carbons (Fsp3) is 0.588. The summed E-state index contributed by atoms with van der Waals surface area (Å²) in [7, 11) is 0. The first kappa shape index (κ1) is 12.2. The highest BCUT2D eigenvalue weighted by molar-refractivity contribution is 5.71. The molecule has 2 unspecified atom stereocenters. The summed E-state index contributed by atoms with van der Waals surface area (Å²) in [6, 6.07) is 7.61. The van der Waals surface area contributed by atoms with E-state index in [1.165, 1.54) is 12.0 Å². The molecule has 4 bridgehead atoms. The molecule has 106 valence electrons. The first-order valence-electron chi connectivity index (χ1n) is 7.60. The maximum absolute atomic E-state index is 11.5. The van der Waals surface area contributed by atoms with E-state index in [0.29, 0.717) is 23.5 Å². The fourth-order valence-electron chi connectivity index (χ4n) is 5.60. The van der Waals surface area contributed by atoms with Crippen LogP contribution in [0.1, 0.15) is 37.7 Å². The molecule has 4 aliphatic carbocycles. The van der Waals surface area contributed by atoms with Gasteiger partial charge in [-0.1, -0.05) is 12.1 Å². The predicted molar refractivity (Wildman–Crippen MR) is 74.5 cm³/mol. The van der Waals surface area contributed by atoms with Gasteiger partial charge in [-0.25, -0.2) is 0 Å². The molecule has 4 fully saturated rings. The van der Waals surface area contributed by atoms with Crippen molar-refractivity contribution in [3.8, 4) is 5.75 Å². The maximum atomic E-state index is 11.5. The van der Waals surface area contributed by atoms with Crippen molar-refractivity contribution in [2.24, 2.45) is 23.7 Å². The quantitative estimate of drug-likeness (QED) is 0.869. The Morgan fingerprint density at radius 1 is 1.05 bits per heavy atom. The summed E-state index contributed by atoms with van der Waals surface area (Å²) >= 11 is 0. The zero-order valence-electron chi connectivity index (χ0n) is 11.5. The van der Waals surface area contributed by atoms with Gasteiger partial charge in [0.05, 0.1) is 5.92 Å². The number of carbonyl (C=O) groups is 1. The Labute approximate surface area is 118 Å². The average Bonchev–Trinajstić information content (AvgIpc) is 2.37. The molecule has 20 heavy (non-hydrogen) atoms. The van der Waals surface area contributed by atoms with Gasteiger partial charge in [0.1, 0.15) is 5.75 Å². The highest BCUT2D eigenvalue weighted by atomic mass is 16.4. The molecule has 0 aliphatic heterocycles. The second-order valence-corrected chi connectivity index (χ2v) is 7.16. The molecule has 5 rings (SSSR count). The van der Waals surface area contributed by atoms with Crippen molar-refractivity contribution in [2.75, 3.05) is 0 Å². The van der Waals surface area contributed by atoms with E-state index in [4.69, 9.17) is 0 Å². The van der Waals surface area contributed by atoms with Crippen LogP contribution in [0, 0.1) is 23.7 Å². The molecular weight excluding hydrogens is 252 g/mol. The molecule has 0 amide bonds. The molecule has 1 aromatic rings. The lowest BCUT2D eigenvalue weighted by molar-refractivity contribution is -0.157. The van der Waals surface area contributed by atoms with Gasteiger partial charge in [-0.15, -0.1) is 0 Å². The van der Waals surface area contributed by atoms with Gasteiger partial charge in [0.2, 0.25) is 0 Å². The van der Waals surface area contributed by atoms with Gasteiger partial charge in [-0.05, 0) is 73.0 Å². The number of phenols is 1. The molecule has 0 aromatic heterocycles. The monoisotopic (exact) mass is 272 g/mol. The zero-order chi connectivity index (χ0) is 13.9. The summed E-state index contributed by atoms with van der Waals surface area (Å²) in [4.78, 5) is 11.5. The Bertz CT molecular complexity index is 532. The second kappa shape index (κ2) is 4.00. The number of benzene rings is 1. The van der Waals surface area contributed by atoms with Gasteiger partial charge in [0, 0.05) is 0 Å². The minimum Gasteiger partial charge on any atom is -0.508 e. The number of hydrogen-bond acceptors (Lipinski definition) is 2. The third-order valence-electron chi connectivity index (χ3n) is 6.04. The number of carboxylic acids is 1. The number of rotatable bonds is 2. The van der Waals surface area contributed by atoms with Crippen molar-refractivity contribution in [2.45, 2.75) is 37.5 Å². The summed E-state index contributed by atoms with van der Waals surface area (Å²) in [6.45, 7) is 0. The fourth-order valence-corrected chi connectivity index (χ4v) is 5.60. The van der Waals surface area contributed by atoms with Crippen LogP contribution in [0.3, 0.4) is 0 Å². The van der Waals surface area contributed by atoms with Crippen LogP contribution >= 0.6 is 0 Å². The van der Waals surface area contributed by atoms with Crippen LogP contribution in [0.5, 0.6) is 5.75 Å². The highest BCUT2D eigenvalue weighted by Crippen LogP contribution is 2.62. The molecule has 3 heteroatoms. The molecule has 4 aliphatic rings. The van der Waals surface area contributed by atoms with E-state index < -0.39 is 5.97 Å². The molecule has 3 nitrogen and oxygen atoms in total. The summed E-state index contributed by atoms with van der Waals surface area (Å²) in [6.07, 6.45) is 5.45. The van der Waals surface area contributed by atoms with Gasteiger partial charge in [-0.3, -0.25) is 4.79 Å². The lowest BCUT2D eigenvalue weighted by Gasteiger charge is -2.59. The van der Waals surface area contributed by atoms with E-state index in [0.717, 1.165) is 25.7 Å². The van der Waals surface area contributed by atoms with Crippen molar-refractivity contribution < 1.29 is 15.0 Å². The molecular formula is C17H20O3. The van der Waals surface area contributed by atoms with E-state index >= 15 is 0 Å². The highest BCUT2D eigenvalue weighted by Gasteiger charge is 2.57. The van der Waals surface area contributed by atoms with Gasteiger partial charge in [0.15, 0.2) is 0 Å². The van der Waals surface area contributed by atoms with Crippen LogP contribution in [-0.4, -0.2) is 16.2 Å². The average molecular weight is 272 g/mol. The lowest BCUT2D eigenvalue weighted by atomic mass is 9.45. The van der Waals surface area contributed by atoms with Crippen molar-refractivity contribution >= 4 is 5.97 Å². The summed E-state index contributed by atoms with van der Waals surface area (Å²) in [5.41, 5.74) is 1.48. The normalized spacial score (nSPS) is 41.8. The lowest BCUT2D eigenvalue weighted by Crippen LogP contribution is -2.54. The predicted octanol–water partition coefficient (Wildman–Crippen LogP) is 3.17. The van der Waals surface area contributed by atoms with Crippen molar-refractivity contribution in [1.29, 1.82) is 0 Å². The Hall–Kier alpha value is -1.51. The maximum Gasteiger partial charge on any atom is 0.307 e. The minimum absolute atomic E-state index is 0.114. The van der Waals surface area contributed by atoms with Crippen LogP contribution in [0.25, 0.3) is 0 Å². The molecule has 2 atom stereocenters. The SMILES string of the molecule is O=C(O)[C@H]1C2CC3CC1C[C@](c1ccc(O)cc1)(C3)C2. The van der Waals surface area contributed by atoms with E-state index in [1.54, 1.807) is 12.1 Å². The Balaban J connectivity index is 1.72. The molecule has 2 N–H and O–H groups in total. The molecule has 0 saturated heterocycles. The van der Waals surface area contributed by atoms with Crippen molar-refractivity contribution in [1.82, 2.24) is 0 Å². The van der Waals surface area contributed by atoms with E-state index in [2.05, 4.69) is 0 Å². The molecule has 0 spiro atoms. The molecule has 0 heterocycles. The van der Waals surface area contributed by atoms with Crippen LogP contribution in [0.15, 0.2) is 24.3 Å². The van der Waals surface area contributed by atoms with Crippen LogP contribution in [-0.2, 0) is 10.2 Å². The van der Waals surface area contributed by atoms with E-state index in [-0.39, 0.29) is 11.3 Å². The van der Waals surface area contributed by atoms with Crippen molar-refractivity contribution in [3.05, 3.63) is 29.8 Å². The minimum atomic E-state index is -0.584. The Morgan fingerprint density at radius 2 is 1.65 bits per heavy atom. The first-order chi connectivity index (χ1) is 9.57. The number of aromatic hydroxyl groups is 1. The van der Waals surface area contributed by atoms with Crippen LogP contribution < -0.4 is 0 Å². The molecule has 4 saturated carbocycles. The third-order valence-corrected chi connectivity index (χ3v) is 6.04. The topological polar surface area (TPSA) is 57.5 Å². The largest absolute Gasteiger partial charge is 0.508 e. The van der Waals surface area contributed by atoms with Crippen molar-refractivity contribution in [3.63, 3.8) is 0 Å². The van der Waals surface area contributed by atoms with Gasteiger partial charge >= 0.3 is 5.97 Å². The Kier molecular flexibility index (Phi) is 2.45. The van der Waals surface area contributed by atoms with E-state index in [9.17, 15) is 15.0 Å². The number of phenolic OH excluding ortho intramolecular Hbond substituents is 1. The van der Waals surface area contributed by atoms with Crippen LogP contribution in [0.2, 0.25) is 0 Å². The number of hydrogen-bond donors (Lipinski definition) is 2. The van der Waals surface area contributed by atoms with Gasteiger partial charge < -0.3 is 10.2 Å².